The summed E-state index contributed by atoms with van der Waals surface area (Å²) in [5.41, 5.74) is 1.94. The van der Waals surface area contributed by atoms with Gasteiger partial charge >= 0.3 is 0 Å². The zero-order chi connectivity index (χ0) is 34.6. The van der Waals surface area contributed by atoms with Crippen LogP contribution in [0.1, 0.15) is 11.0 Å². The van der Waals surface area contributed by atoms with Crippen LogP contribution >= 0.6 is 0 Å². The van der Waals surface area contributed by atoms with Gasteiger partial charge in [0.15, 0.2) is 0 Å². The van der Waals surface area contributed by atoms with Crippen molar-refractivity contribution in [1.29, 1.82) is 0 Å². The first kappa shape index (κ1) is 16.7. The minimum atomic E-state index is -0.412. The molecule has 0 saturated carbocycles. The number of benzene rings is 9. The van der Waals surface area contributed by atoms with E-state index in [1.54, 1.807) is 0 Å². The Bertz CT molecular complexity index is 2880. The second-order valence-corrected chi connectivity index (χ2v) is 10.7. The van der Waals surface area contributed by atoms with Crippen molar-refractivity contribution >= 4 is 64.6 Å². The monoisotopic (exact) mass is 538 g/mol. The van der Waals surface area contributed by atoms with Crippen LogP contribution in [0.4, 0.5) is 0 Å². The molecule has 0 heteroatoms. The predicted molar refractivity (Wildman–Crippen MR) is 182 cm³/mol. The van der Waals surface area contributed by atoms with Gasteiger partial charge in [0, 0.05) is 0 Å². The Hall–Kier alpha value is -5.46. The lowest BCUT2D eigenvalue weighted by molar-refractivity contribution is 1.69. The molecule has 0 amide bonds. The Balaban J connectivity index is 1.57. The molecule has 0 saturated heterocycles. The number of hydrogen-bond donors (Lipinski definition) is 0. The average Bonchev–Trinajstić information content (AvgIpc) is 3.15. The third-order valence-electron chi connectivity index (χ3n) is 8.45. The molecule has 0 bridgehead atoms. The summed E-state index contributed by atoms with van der Waals surface area (Å²) in [6.45, 7) is 0. The second-order valence-electron chi connectivity index (χ2n) is 10.7. The highest BCUT2D eigenvalue weighted by Crippen LogP contribution is 2.47. The Morgan fingerprint density at radius 3 is 1.48 bits per heavy atom. The maximum atomic E-state index is 9.38. The van der Waals surface area contributed by atoms with Crippen LogP contribution < -0.4 is 0 Å². The van der Waals surface area contributed by atoms with E-state index in [0.29, 0.717) is 22.3 Å². The van der Waals surface area contributed by atoms with Gasteiger partial charge < -0.3 is 0 Å². The lowest BCUT2D eigenvalue weighted by Gasteiger charge is -2.20. The van der Waals surface area contributed by atoms with E-state index in [1.165, 1.54) is 0 Å². The molecule has 0 heterocycles. The maximum absolute atomic E-state index is 9.38. The molecule has 0 spiro atoms. The normalized spacial score (nSPS) is 14.5. The summed E-state index contributed by atoms with van der Waals surface area (Å²) in [5.74, 6) is 0. The van der Waals surface area contributed by atoms with Gasteiger partial charge in [-0.05, 0) is 99.0 Å². The first-order valence-electron chi connectivity index (χ1n) is 18.0. The molecule has 0 N–H and O–H groups in total. The number of fused-ring (bicyclic) bond motifs is 7. The Kier molecular flexibility index (Phi) is 3.59. The van der Waals surface area contributed by atoms with Gasteiger partial charge in [-0.2, -0.15) is 0 Å². The highest BCUT2D eigenvalue weighted by molar-refractivity contribution is 6.26. The third kappa shape index (κ3) is 3.36. The van der Waals surface area contributed by atoms with Crippen molar-refractivity contribution in [3.8, 4) is 22.3 Å². The fourth-order valence-electron chi connectivity index (χ4n) is 6.61. The highest BCUT2D eigenvalue weighted by Gasteiger charge is 2.19. The molecule has 0 unspecified atom stereocenters. The van der Waals surface area contributed by atoms with Gasteiger partial charge in [-0.3, -0.25) is 0 Å². The molecule has 0 aliphatic heterocycles. The van der Waals surface area contributed by atoms with Gasteiger partial charge in [0.05, 0.1) is 11.0 Å². The van der Waals surface area contributed by atoms with Crippen LogP contribution in [-0.2, 0) is 0 Å². The number of rotatable bonds is 2. The predicted octanol–water partition coefficient (Wildman–Crippen LogP) is 11.9. The molecule has 42 heavy (non-hydrogen) atoms. The lowest BCUT2D eigenvalue weighted by atomic mass is 9.83. The summed E-state index contributed by atoms with van der Waals surface area (Å²) >= 11 is 0. The van der Waals surface area contributed by atoms with Crippen LogP contribution in [0.25, 0.3) is 86.9 Å². The van der Waals surface area contributed by atoms with Gasteiger partial charge in [-0.1, -0.05) is 145 Å². The standard InChI is InChI=1S/C42H26/c1-2-13-29-26-40-30(25-28(29)12-1)23-24-33-32(40)20-10-22-35(33)42-38-18-7-5-16-36(38)41(37-17-6-8-19-39(37)42)34-21-9-14-27-11-3-4-15-31(27)34/h1-26H/i5D,6D,7D,8D,16D,17D,18D,19D. The molecular weight excluding hydrogens is 504 g/mol. The van der Waals surface area contributed by atoms with Crippen molar-refractivity contribution in [3.05, 3.63) is 158 Å². The molecule has 0 radical (unpaired) electrons. The van der Waals surface area contributed by atoms with Crippen molar-refractivity contribution in [2.24, 2.45) is 0 Å². The smallest absolute Gasteiger partial charge is 0.0616 e. The van der Waals surface area contributed by atoms with Gasteiger partial charge in [0.1, 0.15) is 0 Å². The van der Waals surface area contributed by atoms with Gasteiger partial charge in [-0.15, -0.1) is 0 Å². The summed E-state index contributed by atoms with van der Waals surface area (Å²) in [7, 11) is 0. The molecule has 0 nitrogen and oxygen atoms in total. The summed E-state index contributed by atoms with van der Waals surface area (Å²) < 4.78 is 72.6. The molecule has 0 aliphatic carbocycles. The van der Waals surface area contributed by atoms with Crippen LogP contribution in [-0.4, -0.2) is 0 Å². The van der Waals surface area contributed by atoms with E-state index in [-0.39, 0.29) is 45.7 Å². The van der Waals surface area contributed by atoms with Crippen LogP contribution in [0.15, 0.2) is 158 Å². The Labute approximate surface area is 255 Å². The molecule has 0 aliphatic rings. The van der Waals surface area contributed by atoms with Crippen molar-refractivity contribution in [3.63, 3.8) is 0 Å². The second kappa shape index (κ2) is 9.03. The largest absolute Gasteiger partial charge is 0.0629 e. The summed E-state index contributed by atoms with van der Waals surface area (Å²) in [5, 5.41) is 8.51. The third-order valence-corrected chi connectivity index (χ3v) is 8.45. The SMILES string of the molecule is [2H]c1c([2H])c([2H])c2c(-c3cccc4c3ccc3cc5ccccc5cc34)c3c([2H])c([2H])c([2H])c([2H])c3c(-c3cccc4ccccc34)c2c1[2H]. The van der Waals surface area contributed by atoms with E-state index in [0.717, 1.165) is 43.1 Å². The molecule has 194 valence electrons. The average molecular weight is 539 g/mol. The Morgan fingerprint density at radius 2 is 0.810 bits per heavy atom. The summed E-state index contributed by atoms with van der Waals surface area (Å²) in [6.07, 6.45) is 0. The van der Waals surface area contributed by atoms with Gasteiger partial charge in [0.2, 0.25) is 0 Å². The van der Waals surface area contributed by atoms with Crippen LogP contribution in [0.3, 0.4) is 0 Å². The fourth-order valence-corrected chi connectivity index (χ4v) is 6.61. The minimum Gasteiger partial charge on any atom is -0.0616 e. The van der Waals surface area contributed by atoms with E-state index in [1.807, 2.05) is 84.9 Å². The topological polar surface area (TPSA) is 0 Å². The van der Waals surface area contributed by atoms with Gasteiger partial charge in [-0.25, -0.2) is 0 Å². The van der Waals surface area contributed by atoms with Crippen LogP contribution in [0, 0.1) is 0 Å². The first-order valence-corrected chi connectivity index (χ1v) is 14.0. The van der Waals surface area contributed by atoms with Crippen molar-refractivity contribution in [2.45, 2.75) is 0 Å². The van der Waals surface area contributed by atoms with Gasteiger partial charge in [0.25, 0.3) is 0 Å². The summed E-state index contributed by atoms with van der Waals surface area (Å²) in [6, 6.07) is 32.9. The summed E-state index contributed by atoms with van der Waals surface area (Å²) in [4.78, 5) is 0. The van der Waals surface area contributed by atoms with Crippen LogP contribution in [0.2, 0.25) is 0 Å². The quantitative estimate of drug-likeness (QED) is 0.152. The van der Waals surface area contributed by atoms with E-state index in [9.17, 15) is 5.48 Å². The van der Waals surface area contributed by atoms with Crippen molar-refractivity contribution in [1.82, 2.24) is 0 Å². The molecular formula is C42H26. The minimum absolute atomic E-state index is 0.211. The molecule has 9 aromatic rings. The first-order chi connectivity index (χ1) is 24.2. The van der Waals surface area contributed by atoms with Crippen molar-refractivity contribution < 1.29 is 11.0 Å². The zero-order valence-corrected chi connectivity index (χ0v) is 22.4. The van der Waals surface area contributed by atoms with E-state index < -0.39 is 24.2 Å². The van der Waals surface area contributed by atoms with E-state index >= 15 is 0 Å². The molecule has 0 fully saturated rings. The lowest BCUT2D eigenvalue weighted by Crippen LogP contribution is -1.92. The number of hydrogen-bond acceptors (Lipinski definition) is 0. The van der Waals surface area contributed by atoms with E-state index in [4.69, 9.17) is 5.48 Å². The fraction of sp³-hybridized carbons (Fsp3) is 0. The van der Waals surface area contributed by atoms with E-state index in [2.05, 4.69) is 24.3 Å². The van der Waals surface area contributed by atoms with Crippen molar-refractivity contribution in [2.75, 3.05) is 0 Å². The molecule has 9 aromatic carbocycles. The zero-order valence-electron chi connectivity index (χ0n) is 30.4. The Morgan fingerprint density at radius 1 is 0.310 bits per heavy atom. The highest BCUT2D eigenvalue weighted by atomic mass is 14.2. The molecule has 0 atom stereocenters. The molecule has 9 rings (SSSR count). The molecule has 0 aromatic heterocycles. The maximum Gasteiger partial charge on any atom is 0.0629 e. The van der Waals surface area contributed by atoms with Crippen LogP contribution in [0.5, 0.6) is 0 Å².